The van der Waals surface area contributed by atoms with Gasteiger partial charge < -0.3 is 14.4 Å². The van der Waals surface area contributed by atoms with Gasteiger partial charge in [-0.3, -0.25) is 4.79 Å². The molecular formula is C21H22N2O3. The molecule has 0 saturated carbocycles. The number of benzene rings is 2. The largest absolute Gasteiger partial charge is 0.497 e. The van der Waals surface area contributed by atoms with E-state index in [9.17, 15) is 4.79 Å². The van der Waals surface area contributed by atoms with Gasteiger partial charge >= 0.3 is 0 Å². The number of carbonyl (C=O) groups is 1. The van der Waals surface area contributed by atoms with E-state index in [0.29, 0.717) is 30.2 Å². The Morgan fingerprint density at radius 3 is 2.73 bits per heavy atom. The molecule has 5 heteroatoms. The molecule has 1 atom stereocenters. The first kappa shape index (κ1) is 17.8. The fourth-order valence-corrected chi connectivity index (χ4v) is 3.18. The molecule has 1 heterocycles. The molecule has 0 N–H and O–H groups in total. The molecule has 26 heavy (non-hydrogen) atoms. The van der Waals surface area contributed by atoms with Gasteiger partial charge in [-0.1, -0.05) is 6.07 Å². The van der Waals surface area contributed by atoms with Gasteiger partial charge in [-0.15, -0.1) is 0 Å². The zero-order chi connectivity index (χ0) is 18.4. The van der Waals surface area contributed by atoms with E-state index >= 15 is 0 Å². The molecule has 5 nitrogen and oxygen atoms in total. The Hall–Kier alpha value is -3.00. The van der Waals surface area contributed by atoms with Crippen molar-refractivity contribution in [1.82, 2.24) is 4.90 Å². The predicted molar refractivity (Wildman–Crippen MR) is 98.3 cm³/mol. The Bertz CT molecular complexity index is 796. The normalized spacial score (nSPS) is 16.6. The molecule has 2 aromatic rings. The Kier molecular flexibility index (Phi) is 5.75. The van der Waals surface area contributed by atoms with Crippen molar-refractivity contribution >= 4 is 5.91 Å². The van der Waals surface area contributed by atoms with Crippen LogP contribution in [-0.2, 0) is 0 Å². The third-order valence-corrected chi connectivity index (χ3v) is 4.59. The van der Waals surface area contributed by atoms with Gasteiger partial charge in [0, 0.05) is 24.6 Å². The van der Waals surface area contributed by atoms with Crippen molar-refractivity contribution in [2.24, 2.45) is 5.92 Å². The number of ether oxygens (including phenoxy) is 2. The Labute approximate surface area is 153 Å². The highest BCUT2D eigenvalue weighted by Crippen LogP contribution is 2.22. The third kappa shape index (κ3) is 4.34. The number of likely N-dealkylation sites (tertiary alicyclic amines) is 1. The van der Waals surface area contributed by atoms with Crippen LogP contribution < -0.4 is 9.47 Å². The lowest BCUT2D eigenvalue weighted by Gasteiger charge is -2.32. The highest BCUT2D eigenvalue weighted by atomic mass is 16.5. The van der Waals surface area contributed by atoms with E-state index < -0.39 is 0 Å². The Morgan fingerprint density at radius 2 is 2.00 bits per heavy atom. The second-order valence-corrected chi connectivity index (χ2v) is 6.44. The Balaban J connectivity index is 1.58. The summed E-state index contributed by atoms with van der Waals surface area (Å²) in [4.78, 5) is 14.6. The van der Waals surface area contributed by atoms with E-state index in [-0.39, 0.29) is 5.91 Å². The minimum atomic E-state index is -0.0174. The van der Waals surface area contributed by atoms with Gasteiger partial charge in [0.05, 0.1) is 25.3 Å². The molecule has 1 aliphatic heterocycles. The van der Waals surface area contributed by atoms with Crippen LogP contribution in [0.15, 0.2) is 48.5 Å². The van der Waals surface area contributed by atoms with Crippen LogP contribution in [0.5, 0.6) is 11.5 Å². The average molecular weight is 350 g/mol. The maximum atomic E-state index is 12.7. The van der Waals surface area contributed by atoms with Crippen LogP contribution in [0.2, 0.25) is 0 Å². The molecule has 1 saturated heterocycles. The minimum absolute atomic E-state index is 0.0174. The van der Waals surface area contributed by atoms with Crippen LogP contribution in [0.25, 0.3) is 0 Å². The van der Waals surface area contributed by atoms with Crippen molar-refractivity contribution in [3.8, 4) is 17.6 Å². The van der Waals surface area contributed by atoms with Crippen LogP contribution in [0.1, 0.15) is 28.8 Å². The summed E-state index contributed by atoms with van der Waals surface area (Å²) in [6, 6.07) is 16.5. The van der Waals surface area contributed by atoms with Crippen LogP contribution in [-0.4, -0.2) is 37.6 Å². The Morgan fingerprint density at radius 1 is 1.23 bits per heavy atom. The van der Waals surface area contributed by atoms with Gasteiger partial charge in [-0.2, -0.15) is 5.26 Å². The van der Waals surface area contributed by atoms with E-state index in [1.807, 2.05) is 29.2 Å². The monoisotopic (exact) mass is 350 g/mol. The molecule has 0 radical (unpaired) electrons. The molecule has 0 spiro atoms. The van der Waals surface area contributed by atoms with E-state index in [0.717, 1.165) is 30.9 Å². The lowest BCUT2D eigenvalue weighted by Crippen LogP contribution is -2.41. The van der Waals surface area contributed by atoms with Gasteiger partial charge in [-0.25, -0.2) is 0 Å². The molecule has 1 unspecified atom stereocenters. The maximum Gasteiger partial charge on any atom is 0.253 e. The molecule has 134 valence electrons. The summed E-state index contributed by atoms with van der Waals surface area (Å²) in [5.41, 5.74) is 1.08. The van der Waals surface area contributed by atoms with E-state index in [1.54, 1.807) is 31.4 Å². The summed E-state index contributed by atoms with van der Waals surface area (Å²) in [6.45, 7) is 1.99. The van der Waals surface area contributed by atoms with Gasteiger partial charge in [0.15, 0.2) is 0 Å². The zero-order valence-corrected chi connectivity index (χ0v) is 14.9. The van der Waals surface area contributed by atoms with Crippen LogP contribution in [0, 0.1) is 17.2 Å². The van der Waals surface area contributed by atoms with Crippen molar-refractivity contribution < 1.29 is 14.3 Å². The predicted octanol–water partition coefficient (Wildman–Crippen LogP) is 3.50. The van der Waals surface area contributed by atoms with Crippen LogP contribution in [0.3, 0.4) is 0 Å². The molecule has 2 aromatic carbocycles. The first-order valence-corrected chi connectivity index (χ1v) is 8.76. The lowest BCUT2D eigenvalue weighted by atomic mass is 9.98. The number of amides is 1. The lowest BCUT2D eigenvalue weighted by molar-refractivity contribution is 0.0633. The molecule has 1 fully saturated rings. The van der Waals surface area contributed by atoms with Crippen molar-refractivity contribution in [2.75, 3.05) is 26.8 Å². The molecular weight excluding hydrogens is 328 g/mol. The highest BCUT2D eigenvalue weighted by Gasteiger charge is 2.25. The van der Waals surface area contributed by atoms with E-state index in [2.05, 4.69) is 6.07 Å². The standard InChI is InChI=1S/C21H22N2O3/c1-25-19-7-9-20(10-8-19)26-15-17-5-3-11-23(14-17)21(24)18-6-2-4-16(12-18)13-22/h2,4,6-10,12,17H,3,5,11,14-15H2,1H3. The number of piperidine rings is 1. The van der Waals surface area contributed by atoms with Crippen LogP contribution >= 0.6 is 0 Å². The summed E-state index contributed by atoms with van der Waals surface area (Å²) in [5.74, 6) is 1.88. The topological polar surface area (TPSA) is 62.6 Å². The van der Waals surface area contributed by atoms with E-state index in [4.69, 9.17) is 14.7 Å². The van der Waals surface area contributed by atoms with Gasteiger partial charge in [0.25, 0.3) is 5.91 Å². The van der Waals surface area contributed by atoms with E-state index in [1.165, 1.54) is 0 Å². The van der Waals surface area contributed by atoms with Gasteiger partial charge in [0.1, 0.15) is 11.5 Å². The number of nitriles is 1. The van der Waals surface area contributed by atoms with Gasteiger partial charge in [0.2, 0.25) is 0 Å². The second kappa shape index (κ2) is 8.39. The summed E-state index contributed by atoms with van der Waals surface area (Å²) in [7, 11) is 1.63. The van der Waals surface area contributed by atoms with Crippen molar-refractivity contribution in [2.45, 2.75) is 12.8 Å². The third-order valence-electron chi connectivity index (χ3n) is 4.59. The number of hydrogen-bond donors (Lipinski definition) is 0. The summed E-state index contributed by atoms with van der Waals surface area (Å²) in [6.07, 6.45) is 2.00. The SMILES string of the molecule is COc1ccc(OCC2CCCN(C(=O)c3cccc(C#N)c3)C2)cc1. The number of hydrogen-bond acceptors (Lipinski definition) is 4. The second-order valence-electron chi connectivity index (χ2n) is 6.44. The van der Waals surface area contributed by atoms with Gasteiger partial charge in [-0.05, 0) is 55.3 Å². The first-order chi connectivity index (χ1) is 12.7. The van der Waals surface area contributed by atoms with Crippen molar-refractivity contribution in [3.63, 3.8) is 0 Å². The molecule has 3 rings (SSSR count). The number of nitrogens with zero attached hydrogens (tertiary/aromatic N) is 2. The first-order valence-electron chi connectivity index (χ1n) is 8.76. The molecule has 1 aliphatic rings. The molecule has 1 amide bonds. The molecule has 0 aliphatic carbocycles. The maximum absolute atomic E-state index is 12.7. The summed E-state index contributed by atoms with van der Waals surface area (Å²) < 4.78 is 11.0. The average Bonchev–Trinajstić information content (AvgIpc) is 2.72. The quantitative estimate of drug-likeness (QED) is 0.828. The number of rotatable bonds is 5. The van der Waals surface area contributed by atoms with Crippen molar-refractivity contribution in [1.29, 1.82) is 5.26 Å². The molecule has 0 bridgehead atoms. The van der Waals surface area contributed by atoms with Crippen LogP contribution in [0.4, 0.5) is 0 Å². The molecule has 0 aromatic heterocycles. The number of methoxy groups -OCH3 is 1. The summed E-state index contributed by atoms with van der Waals surface area (Å²) in [5, 5.41) is 9.01. The summed E-state index contributed by atoms with van der Waals surface area (Å²) >= 11 is 0. The fraction of sp³-hybridized carbons (Fsp3) is 0.333. The fourth-order valence-electron chi connectivity index (χ4n) is 3.18. The zero-order valence-electron chi connectivity index (χ0n) is 14.9. The smallest absolute Gasteiger partial charge is 0.253 e. The highest BCUT2D eigenvalue weighted by molar-refractivity contribution is 5.94. The minimum Gasteiger partial charge on any atom is -0.497 e. The number of carbonyl (C=O) groups excluding carboxylic acids is 1. The van der Waals surface area contributed by atoms with Crippen molar-refractivity contribution in [3.05, 3.63) is 59.7 Å².